The Morgan fingerprint density at radius 2 is 1.78 bits per heavy atom. The van der Waals surface area contributed by atoms with Crippen LogP contribution < -0.4 is 5.32 Å². The first kappa shape index (κ1) is 18.6. The van der Waals surface area contributed by atoms with Crippen LogP contribution in [0.3, 0.4) is 0 Å². The molecule has 2 aromatic rings. The van der Waals surface area contributed by atoms with E-state index in [1.165, 1.54) is 12.1 Å². The van der Waals surface area contributed by atoms with E-state index in [9.17, 15) is 27.6 Å². The molecule has 1 aliphatic rings. The predicted octanol–water partition coefficient (Wildman–Crippen LogP) is 3.71. The van der Waals surface area contributed by atoms with E-state index in [1.54, 1.807) is 18.2 Å². The van der Waals surface area contributed by atoms with Crippen molar-refractivity contribution in [3.63, 3.8) is 0 Å². The molecule has 6 nitrogen and oxygen atoms in total. The third-order valence-corrected chi connectivity index (χ3v) is 3.88. The molecule has 1 heterocycles. The number of fused-ring (bicyclic) bond motifs is 1. The van der Waals surface area contributed by atoms with E-state index in [-0.39, 0.29) is 16.8 Å². The number of benzene rings is 2. The molecule has 1 N–H and O–H groups in total. The van der Waals surface area contributed by atoms with Gasteiger partial charge in [-0.1, -0.05) is 35.0 Å². The van der Waals surface area contributed by atoms with Gasteiger partial charge in [0.05, 0.1) is 21.8 Å². The Hall–Kier alpha value is -3.20. The third-order valence-electron chi connectivity index (χ3n) is 3.56. The topological polar surface area (TPSA) is 84.8 Å². The minimum absolute atomic E-state index is 0.129. The maximum absolute atomic E-state index is 12.9. The van der Waals surface area contributed by atoms with Crippen LogP contribution in [0.25, 0.3) is 0 Å². The molecule has 138 valence electrons. The van der Waals surface area contributed by atoms with Crippen LogP contribution in [0.1, 0.15) is 26.3 Å². The molecule has 0 aliphatic carbocycles. The summed E-state index contributed by atoms with van der Waals surface area (Å²) in [7, 11) is 0. The Morgan fingerprint density at radius 3 is 2.41 bits per heavy atom. The lowest BCUT2D eigenvalue weighted by Gasteiger charge is -2.19. The first-order chi connectivity index (χ1) is 12.7. The molecule has 1 aliphatic heterocycles. The summed E-state index contributed by atoms with van der Waals surface area (Å²) in [5.41, 5.74) is -2.53. The van der Waals surface area contributed by atoms with Crippen LogP contribution in [-0.4, -0.2) is 23.4 Å². The number of Topliss-reactive ketones (excluding diaryl/α,β-unsaturated/α-hetero) is 1. The summed E-state index contributed by atoms with van der Waals surface area (Å²) in [4.78, 5) is 40.8. The Labute approximate surface area is 154 Å². The smallest absolute Gasteiger partial charge is 0.320 e. The zero-order valence-electron chi connectivity index (χ0n) is 13.1. The molecule has 0 aromatic heterocycles. The molecule has 2 aromatic carbocycles. The molecule has 0 atom stereocenters. The fraction of sp³-hybridized carbons (Fsp3) is 0.0588. The van der Waals surface area contributed by atoms with Gasteiger partial charge in [0.15, 0.2) is 0 Å². The monoisotopic (exact) mass is 396 g/mol. The van der Waals surface area contributed by atoms with Crippen LogP contribution in [0, 0.1) is 0 Å². The van der Waals surface area contributed by atoms with Gasteiger partial charge in [0, 0.05) is 5.56 Å². The first-order valence-corrected chi connectivity index (χ1v) is 7.67. The Bertz CT molecular complexity index is 988. The van der Waals surface area contributed by atoms with Crippen LogP contribution in [0.5, 0.6) is 0 Å². The molecule has 27 heavy (non-hydrogen) atoms. The van der Waals surface area contributed by atoms with E-state index in [0.29, 0.717) is 6.07 Å². The van der Waals surface area contributed by atoms with Crippen molar-refractivity contribution in [1.29, 1.82) is 0 Å². The lowest BCUT2D eigenvalue weighted by molar-refractivity contribution is -0.137. The van der Waals surface area contributed by atoms with Crippen molar-refractivity contribution in [2.45, 2.75) is 6.18 Å². The normalized spacial score (nSPS) is 15.3. The van der Waals surface area contributed by atoms with E-state index in [0.717, 1.165) is 6.07 Å². The Morgan fingerprint density at radius 1 is 1.11 bits per heavy atom. The summed E-state index contributed by atoms with van der Waals surface area (Å²) in [5, 5.41) is 4.65. The SMILES string of the molecule is O=C1Nc2cc(C(F)(F)F)c(Cl)cc2C(=O)C1=NOC(=O)c1ccccc1. The second kappa shape index (κ2) is 6.84. The van der Waals surface area contributed by atoms with E-state index >= 15 is 0 Å². The van der Waals surface area contributed by atoms with Gasteiger partial charge in [-0.2, -0.15) is 13.2 Å². The summed E-state index contributed by atoms with van der Waals surface area (Å²) < 4.78 is 38.7. The van der Waals surface area contributed by atoms with Gasteiger partial charge in [0.25, 0.3) is 5.91 Å². The maximum Gasteiger partial charge on any atom is 0.417 e. The number of nitrogens with one attached hydrogen (secondary N) is 1. The van der Waals surface area contributed by atoms with Crippen molar-refractivity contribution in [3.05, 3.63) is 64.2 Å². The molecule has 0 saturated carbocycles. The number of alkyl halides is 3. The van der Waals surface area contributed by atoms with Crippen molar-refractivity contribution in [2.75, 3.05) is 5.32 Å². The van der Waals surface area contributed by atoms with Crippen molar-refractivity contribution in [3.8, 4) is 0 Å². The summed E-state index contributed by atoms with van der Waals surface area (Å²) >= 11 is 5.59. The fourth-order valence-electron chi connectivity index (χ4n) is 2.29. The van der Waals surface area contributed by atoms with Crippen molar-refractivity contribution < 1.29 is 32.4 Å². The lowest BCUT2D eigenvalue weighted by Crippen LogP contribution is -2.36. The third kappa shape index (κ3) is 3.68. The number of oxime groups is 1. The average molecular weight is 397 g/mol. The molecular formula is C17H8ClF3N2O4. The molecule has 0 spiro atoms. The molecule has 10 heteroatoms. The highest BCUT2D eigenvalue weighted by Crippen LogP contribution is 2.38. The van der Waals surface area contributed by atoms with E-state index in [4.69, 9.17) is 11.6 Å². The number of rotatable bonds is 2. The maximum atomic E-state index is 12.9. The van der Waals surface area contributed by atoms with Gasteiger partial charge in [0.2, 0.25) is 11.5 Å². The number of hydrogen-bond acceptors (Lipinski definition) is 5. The minimum Gasteiger partial charge on any atom is -0.320 e. The van der Waals surface area contributed by atoms with Gasteiger partial charge >= 0.3 is 12.1 Å². The van der Waals surface area contributed by atoms with Gasteiger partial charge in [-0.3, -0.25) is 9.59 Å². The lowest BCUT2D eigenvalue weighted by atomic mass is 9.98. The number of nitrogens with zero attached hydrogens (tertiary/aromatic N) is 1. The number of halogens is 4. The van der Waals surface area contributed by atoms with Crippen molar-refractivity contribution >= 4 is 40.7 Å². The zero-order valence-corrected chi connectivity index (χ0v) is 13.9. The van der Waals surface area contributed by atoms with Gasteiger partial charge in [0.1, 0.15) is 0 Å². The highest BCUT2D eigenvalue weighted by atomic mass is 35.5. The number of anilines is 1. The molecule has 1 amide bonds. The summed E-state index contributed by atoms with van der Waals surface area (Å²) in [6, 6.07) is 8.99. The standard InChI is InChI=1S/C17H8ClF3N2O4/c18-11-6-9-12(7-10(11)17(19,20)21)22-15(25)13(14(9)24)23-27-16(26)8-4-2-1-3-5-8/h1-7H,(H,22,25). The van der Waals surface area contributed by atoms with Crippen LogP contribution in [0.4, 0.5) is 18.9 Å². The molecule has 0 bridgehead atoms. The Kier molecular flexibility index (Phi) is 4.71. The van der Waals surface area contributed by atoms with E-state index in [1.807, 2.05) is 0 Å². The first-order valence-electron chi connectivity index (χ1n) is 7.29. The summed E-state index contributed by atoms with van der Waals surface area (Å²) in [6.07, 6.45) is -4.76. The average Bonchev–Trinajstić information content (AvgIpc) is 2.61. The molecule has 3 rings (SSSR count). The largest absolute Gasteiger partial charge is 0.417 e. The number of ketones is 1. The van der Waals surface area contributed by atoms with Crippen LogP contribution in [0.2, 0.25) is 5.02 Å². The number of hydrogen-bond donors (Lipinski definition) is 1. The van der Waals surface area contributed by atoms with Crippen LogP contribution >= 0.6 is 11.6 Å². The van der Waals surface area contributed by atoms with E-state index in [2.05, 4.69) is 15.3 Å². The quantitative estimate of drug-likeness (QED) is 0.619. The second-order valence-electron chi connectivity index (χ2n) is 5.34. The van der Waals surface area contributed by atoms with Gasteiger partial charge in [-0.05, 0) is 24.3 Å². The van der Waals surface area contributed by atoms with E-state index < -0.39 is 40.1 Å². The van der Waals surface area contributed by atoms with Gasteiger partial charge < -0.3 is 10.2 Å². The van der Waals surface area contributed by atoms with Crippen molar-refractivity contribution in [2.24, 2.45) is 5.16 Å². The van der Waals surface area contributed by atoms with Gasteiger partial charge in [-0.25, -0.2) is 4.79 Å². The minimum atomic E-state index is -4.76. The van der Waals surface area contributed by atoms with Gasteiger partial charge in [-0.15, -0.1) is 0 Å². The predicted molar refractivity (Wildman–Crippen MR) is 88.7 cm³/mol. The zero-order chi connectivity index (χ0) is 19.8. The summed E-state index contributed by atoms with van der Waals surface area (Å²) in [5.74, 6) is -3.05. The second-order valence-corrected chi connectivity index (χ2v) is 5.75. The number of carbonyl (C=O) groups is 3. The highest BCUT2D eigenvalue weighted by Gasteiger charge is 2.38. The Balaban J connectivity index is 1.91. The number of amides is 1. The molecule has 0 unspecified atom stereocenters. The molecule has 0 saturated heterocycles. The molecule has 0 radical (unpaired) electrons. The molecular weight excluding hydrogens is 389 g/mol. The van der Waals surface area contributed by atoms with Crippen LogP contribution in [0.15, 0.2) is 47.6 Å². The van der Waals surface area contributed by atoms with Crippen molar-refractivity contribution in [1.82, 2.24) is 0 Å². The summed E-state index contributed by atoms with van der Waals surface area (Å²) in [6.45, 7) is 0. The highest BCUT2D eigenvalue weighted by molar-refractivity contribution is 6.72. The number of carbonyl (C=O) groups excluding carboxylic acids is 3. The van der Waals surface area contributed by atoms with Crippen LogP contribution in [-0.2, 0) is 15.8 Å². The molecule has 0 fully saturated rings. The fourth-order valence-corrected chi connectivity index (χ4v) is 2.56.